The van der Waals surface area contributed by atoms with E-state index >= 15 is 0 Å². The Balaban J connectivity index is 2.35. The third-order valence-corrected chi connectivity index (χ3v) is 9.08. The molecule has 3 aliphatic carbocycles. The van der Waals surface area contributed by atoms with E-state index in [4.69, 9.17) is 0 Å². The quantitative estimate of drug-likeness (QED) is 0.233. The molecule has 1 spiro atoms. The van der Waals surface area contributed by atoms with Crippen LogP contribution in [0.5, 0.6) is 0 Å². The van der Waals surface area contributed by atoms with Gasteiger partial charge < -0.3 is 15.3 Å². The standard InChI is InChI=1S/C31H46O6/c1-18(2)9-13-30(14-10-19(3)4)25(33)24(23(32)15-20(5)6)26(34)31(27(30)35)16-22-21(29(8,37)17-31)11-12-28(22,7)36/h9-10,20-22,34,36-37H,11-17H2,1-8H3/t21-,22+,28-,29+,31+/m0/s1. The Bertz CT molecular complexity index is 1040. The Hall–Kier alpha value is -2.05. The van der Waals surface area contributed by atoms with Crippen LogP contribution in [-0.4, -0.2) is 43.9 Å². The van der Waals surface area contributed by atoms with Gasteiger partial charge >= 0.3 is 0 Å². The summed E-state index contributed by atoms with van der Waals surface area (Å²) in [4.78, 5) is 42.5. The summed E-state index contributed by atoms with van der Waals surface area (Å²) < 4.78 is 0. The Morgan fingerprint density at radius 3 is 2.00 bits per heavy atom. The first-order valence-corrected chi connectivity index (χ1v) is 13.7. The molecule has 0 amide bonds. The zero-order valence-corrected chi connectivity index (χ0v) is 23.9. The van der Waals surface area contributed by atoms with Crippen LogP contribution in [-0.2, 0) is 14.4 Å². The van der Waals surface area contributed by atoms with Gasteiger partial charge in [-0.15, -0.1) is 0 Å². The van der Waals surface area contributed by atoms with Crippen LogP contribution in [0.25, 0.3) is 0 Å². The van der Waals surface area contributed by atoms with Crippen LogP contribution in [0.1, 0.15) is 100 Å². The van der Waals surface area contributed by atoms with Crippen LogP contribution in [0, 0.1) is 28.6 Å². The number of rotatable bonds is 7. The van der Waals surface area contributed by atoms with Crippen LogP contribution in [0.15, 0.2) is 34.6 Å². The molecule has 3 N–H and O–H groups in total. The first-order valence-electron chi connectivity index (χ1n) is 13.7. The number of Topliss-reactive ketones (excluding diaryl/α,β-unsaturated/α-hetero) is 3. The lowest BCUT2D eigenvalue weighted by Crippen LogP contribution is -2.62. The van der Waals surface area contributed by atoms with Gasteiger partial charge in [-0.25, -0.2) is 0 Å². The van der Waals surface area contributed by atoms with Crippen molar-refractivity contribution in [2.75, 3.05) is 0 Å². The summed E-state index contributed by atoms with van der Waals surface area (Å²) in [6.07, 6.45) is 5.09. The summed E-state index contributed by atoms with van der Waals surface area (Å²) in [6, 6.07) is 0. The molecule has 0 aliphatic heterocycles. The van der Waals surface area contributed by atoms with Gasteiger partial charge in [0.1, 0.15) is 16.7 Å². The maximum Gasteiger partial charge on any atom is 0.184 e. The van der Waals surface area contributed by atoms with Gasteiger partial charge in [0.05, 0.1) is 16.6 Å². The second kappa shape index (κ2) is 9.92. The van der Waals surface area contributed by atoms with Gasteiger partial charge in [0.25, 0.3) is 0 Å². The van der Waals surface area contributed by atoms with Crippen molar-refractivity contribution in [3.8, 4) is 0 Å². The maximum absolute atomic E-state index is 14.8. The largest absolute Gasteiger partial charge is 0.510 e. The highest BCUT2D eigenvalue weighted by molar-refractivity contribution is 6.31. The SMILES string of the molecule is CC(C)=CCC1(CC=C(C)C)C(=O)C(C(=O)CC(C)C)=C(O)[C@]2(C[C@@H]3[C@H](CC[C@]3(C)O)[C@](C)(O)C2)C1=O. The molecule has 6 nitrogen and oxygen atoms in total. The number of aliphatic hydroxyl groups is 3. The molecule has 5 atom stereocenters. The molecule has 37 heavy (non-hydrogen) atoms. The predicted molar refractivity (Wildman–Crippen MR) is 144 cm³/mol. The molecule has 3 aliphatic rings. The highest BCUT2D eigenvalue weighted by Crippen LogP contribution is 2.63. The maximum atomic E-state index is 14.8. The van der Waals surface area contributed by atoms with Crippen molar-refractivity contribution >= 4 is 17.3 Å². The average molecular weight is 515 g/mol. The van der Waals surface area contributed by atoms with Crippen LogP contribution in [0.3, 0.4) is 0 Å². The van der Waals surface area contributed by atoms with Gasteiger partial charge in [0.2, 0.25) is 0 Å². The smallest absolute Gasteiger partial charge is 0.184 e. The molecule has 0 aromatic carbocycles. The molecule has 6 heteroatoms. The van der Waals surface area contributed by atoms with Gasteiger partial charge in [-0.3, -0.25) is 14.4 Å². The van der Waals surface area contributed by atoms with Crippen molar-refractivity contribution < 1.29 is 29.7 Å². The van der Waals surface area contributed by atoms with Crippen LogP contribution >= 0.6 is 0 Å². The molecular weight excluding hydrogens is 468 g/mol. The normalized spacial score (nSPS) is 35.1. The lowest BCUT2D eigenvalue weighted by atomic mass is 9.48. The third-order valence-electron chi connectivity index (χ3n) is 9.08. The molecular formula is C31H46O6. The predicted octanol–water partition coefficient (Wildman–Crippen LogP) is 5.57. The van der Waals surface area contributed by atoms with Crippen molar-refractivity contribution in [2.45, 2.75) is 112 Å². The minimum Gasteiger partial charge on any atom is -0.510 e. The molecule has 0 aromatic rings. The average Bonchev–Trinajstić information content (AvgIpc) is 3.06. The number of aliphatic hydroxyl groups excluding tert-OH is 1. The number of carbonyl (C=O) groups excluding carboxylic acids is 3. The van der Waals surface area contributed by atoms with Crippen molar-refractivity contribution in [3.63, 3.8) is 0 Å². The van der Waals surface area contributed by atoms with Gasteiger partial charge in [-0.05, 0) is 97.8 Å². The van der Waals surface area contributed by atoms with Crippen LogP contribution in [0.4, 0.5) is 0 Å². The number of carbonyl (C=O) groups is 3. The van der Waals surface area contributed by atoms with E-state index in [2.05, 4.69) is 0 Å². The Kier molecular flexibility index (Phi) is 7.91. The number of hydrogen-bond donors (Lipinski definition) is 3. The summed E-state index contributed by atoms with van der Waals surface area (Å²) in [7, 11) is 0. The van der Waals surface area contributed by atoms with Crippen LogP contribution < -0.4 is 0 Å². The molecule has 2 saturated carbocycles. The van der Waals surface area contributed by atoms with E-state index in [0.29, 0.717) is 12.8 Å². The zero-order chi connectivity index (χ0) is 28.1. The second-order valence-corrected chi connectivity index (χ2v) is 13.4. The molecule has 0 saturated heterocycles. The molecule has 206 valence electrons. The number of hydrogen-bond acceptors (Lipinski definition) is 6. The van der Waals surface area contributed by atoms with Gasteiger partial charge in [-0.1, -0.05) is 37.1 Å². The minimum atomic E-state index is -1.63. The summed E-state index contributed by atoms with van der Waals surface area (Å²) in [5, 5.41) is 34.7. The molecule has 3 rings (SSSR count). The molecule has 2 fully saturated rings. The van der Waals surface area contributed by atoms with E-state index in [9.17, 15) is 29.7 Å². The highest BCUT2D eigenvalue weighted by atomic mass is 16.3. The van der Waals surface area contributed by atoms with E-state index in [1.54, 1.807) is 13.8 Å². The zero-order valence-electron chi connectivity index (χ0n) is 23.9. The van der Waals surface area contributed by atoms with Crippen molar-refractivity contribution in [1.29, 1.82) is 0 Å². The fraction of sp³-hybridized carbons (Fsp3) is 0.710. The first kappa shape index (κ1) is 29.5. The van der Waals surface area contributed by atoms with Gasteiger partial charge in [-0.2, -0.15) is 0 Å². The third kappa shape index (κ3) is 5.04. The Morgan fingerprint density at radius 2 is 1.51 bits per heavy atom. The van der Waals surface area contributed by atoms with E-state index < -0.39 is 51.1 Å². The monoisotopic (exact) mass is 514 g/mol. The summed E-state index contributed by atoms with van der Waals surface area (Å²) in [5.74, 6) is -2.79. The van der Waals surface area contributed by atoms with E-state index in [1.807, 2.05) is 53.7 Å². The Morgan fingerprint density at radius 1 is 0.973 bits per heavy atom. The fourth-order valence-electron chi connectivity index (χ4n) is 7.11. The van der Waals surface area contributed by atoms with Crippen LogP contribution in [0.2, 0.25) is 0 Å². The van der Waals surface area contributed by atoms with E-state index in [-0.39, 0.29) is 49.5 Å². The Labute approximate surface area is 221 Å². The molecule has 0 radical (unpaired) electrons. The fourth-order valence-corrected chi connectivity index (χ4v) is 7.11. The second-order valence-electron chi connectivity index (χ2n) is 13.4. The summed E-state index contributed by atoms with van der Waals surface area (Å²) >= 11 is 0. The van der Waals surface area contributed by atoms with Gasteiger partial charge in [0.15, 0.2) is 17.3 Å². The number of ketones is 3. The van der Waals surface area contributed by atoms with Crippen molar-refractivity contribution in [2.24, 2.45) is 28.6 Å². The van der Waals surface area contributed by atoms with Gasteiger partial charge in [0, 0.05) is 6.42 Å². The lowest BCUT2D eigenvalue weighted by Gasteiger charge is -2.54. The topological polar surface area (TPSA) is 112 Å². The van der Waals surface area contributed by atoms with E-state index in [0.717, 1.165) is 11.1 Å². The molecule has 0 aromatic heterocycles. The summed E-state index contributed by atoms with van der Waals surface area (Å²) in [6.45, 7) is 14.7. The number of allylic oxidation sites excluding steroid dienone is 6. The molecule has 0 bridgehead atoms. The van der Waals surface area contributed by atoms with Crippen molar-refractivity contribution in [1.82, 2.24) is 0 Å². The lowest BCUT2D eigenvalue weighted by molar-refractivity contribution is -0.168. The van der Waals surface area contributed by atoms with E-state index in [1.165, 1.54) is 0 Å². The summed E-state index contributed by atoms with van der Waals surface area (Å²) in [5.41, 5.74) is -4.10. The molecule has 0 unspecified atom stereocenters. The van der Waals surface area contributed by atoms with Crippen molar-refractivity contribution in [3.05, 3.63) is 34.6 Å². The molecule has 0 heterocycles. The minimum absolute atomic E-state index is 0.0476. The highest BCUT2D eigenvalue weighted by Gasteiger charge is 2.68. The first-order chi connectivity index (χ1) is 16.9. The number of fused-ring (bicyclic) bond motifs is 1.